The summed E-state index contributed by atoms with van der Waals surface area (Å²) in [6.07, 6.45) is 0. The Hall–Kier alpha value is -2.80. The second-order valence-corrected chi connectivity index (χ2v) is 2.98. The Labute approximate surface area is 94.7 Å². The van der Waals surface area contributed by atoms with Crippen LogP contribution in [0, 0.1) is 44.5 Å². The zero-order chi connectivity index (χ0) is 13.0. The number of carbonyl (C=O) groups is 1. The molecule has 1 rings (SSSR count). The van der Waals surface area contributed by atoms with E-state index < -0.39 is 33.7 Å². The molecule has 0 aromatic heterocycles. The van der Waals surface area contributed by atoms with E-state index in [0.29, 0.717) is 6.07 Å². The van der Waals surface area contributed by atoms with E-state index in [2.05, 4.69) is 0 Å². The van der Waals surface area contributed by atoms with Gasteiger partial charge in [0, 0.05) is 6.07 Å². The number of benzene rings is 1. The molecule has 0 saturated carbocycles. The number of hydrogen-bond donors (Lipinski definition) is 0. The van der Waals surface area contributed by atoms with Crippen LogP contribution in [-0.4, -0.2) is 10.7 Å². The zero-order valence-electron chi connectivity index (χ0n) is 8.25. The van der Waals surface area contributed by atoms with Crippen LogP contribution in [0.4, 0.5) is 10.1 Å². The fraction of sp³-hybridized carbons (Fsp3) is 0.100. The number of halogens is 1. The summed E-state index contributed by atoms with van der Waals surface area (Å²) in [5, 5.41) is 27.3. The van der Waals surface area contributed by atoms with E-state index in [1.165, 1.54) is 12.1 Å². The van der Waals surface area contributed by atoms with Crippen LogP contribution in [0.3, 0.4) is 0 Å². The third-order valence-electron chi connectivity index (χ3n) is 1.95. The highest BCUT2D eigenvalue weighted by Crippen LogP contribution is 2.19. The molecule has 0 bridgehead atoms. The van der Waals surface area contributed by atoms with E-state index in [1.807, 2.05) is 0 Å². The van der Waals surface area contributed by atoms with E-state index in [0.717, 1.165) is 12.1 Å². The normalized spacial score (nSPS) is 9.41. The van der Waals surface area contributed by atoms with Gasteiger partial charge in [-0.15, -0.1) is 0 Å². The van der Waals surface area contributed by atoms with Crippen molar-refractivity contribution in [3.63, 3.8) is 0 Å². The second-order valence-electron chi connectivity index (χ2n) is 2.98. The fourth-order valence-electron chi connectivity index (χ4n) is 1.12. The van der Waals surface area contributed by atoms with Gasteiger partial charge in [0.05, 0.1) is 28.7 Å². The maximum Gasteiger partial charge on any atom is 0.272 e. The van der Waals surface area contributed by atoms with E-state index in [9.17, 15) is 19.3 Å². The molecule has 84 valence electrons. The Morgan fingerprint density at radius 2 is 2.00 bits per heavy atom. The van der Waals surface area contributed by atoms with Crippen molar-refractivity contribution < 1.29 is 14.1 Å². The Morgan fingerprint density at radius 3 is 2.41 bits per heavy atom. The lowest BCUT2D eigenvalue weighted by atomic mass is 9.99. The molecule has 0 aliphatic carbocycles. The van der Waals surface area contributed by atoms with Crippen molar-refractivity contribution in [2.75, 3.05) is 0 Å². The number of ketones is 1. The molecule has 0 amide bonds. The number of Topliss-reactive ketones (excluding diaryl/α,β-unsaturated/α-hetero) is 1. The number of hydrogen-bond acceptors (Lipinski definition) is 5. The summed E-state index contributed by atoms with van der Waals surface area (Å²) < 4.78 is 13.3. The Morgan fingerprint density at radius 1 is 1.41 bits per heavy atom. The number of carbonyl (C=O) groups excluding carboxylic acids is 1. The van der Waals surface area contributed by atoms with Gasteiger partial charge >= 0.3 is 0 Å². The van der Waals surface area contributed by atoms with Gasteiger partial charge in [-0.1, -0.05) is 0 Å². The molecular weight excluding hydrogens is 229 g/mol. The molecule has 1 aromatic carbocycles. The fourth-order valence-corrected chi connectivity index (χ4v) is 1.12. The quantitative estimate of drug-likeness (QED) is 0.447. The summed E-state index contributed by atoms with van der Waals surface area (Å²) in [4.78, 5) is 21.0. The molecule has 0 aliphatic heterocycles. The molecule has 17 heavy (non-hydrogen) atoms. The zero-order valence-corrected chi connectivity index (χ0v) is 8.25. The molecule has 0 radical (unpaired) electrons. The molecule has 6 nitrogen and oxygen atoms in total. The summed E-state index contributed by atoms with van der Waals surface area (Å²) in [5.41, 5.74) is -1.02. The number of nitriles is 2. The van der Waals surface area contributed by atoms with Gasteiger partial charge in [0.2, 0.25) is 0 Å². The van der Waals surface area contributed by atoms with Gasteiger partial charge in [0.15, 0.2) is 11.7 Å². The highest BCUT2D eigenvalue weighted by atomic mass is 19.1. The lowest BCUT2D eigenvalue weighted by Gasteiger charge is -2.01. The van der Waals surface area contributed by atoms with Gasteiger partial charge in [-0.05, 0) is 6.07 Å². The average Bonchev–Trinajstić information content (AvgIpc) is 2.30. The summed E-state index contributed by atoms with van der Waals surface area (Å²) in [6, 6.07) is 5.19. The SMILES string of the molecule is N#CC(C#N)C(=O)c1ccc([N+](=O)[O-])cc1F. The molecule has 0 atom stereocenters. The van der Waals surface area contributed by atoms with E-state index in [4.69, 9.17) is 10.5 Å². The number of nitro groups is 1. The van der Waals surface area contributed by atoms with Gasteiger partial charge in [-0.25, -0.2) is 4.39 Å². The number of rotatable bonds is 3. The first-order valence-corrected chi connectivity index (χ1v) is 4.28. The van der Waals surface area contributed by atoms with Crippen molar-refractivity contribution in [1.82, 2.24) is 0 Å². The topological polar surface area (TPSA) is 108 Å². The minimum absolute atomic E-state index is 0.510. The average molecular weight is 233 g/mol. The first kappa shape index (κ1) is 12.3. The van der Waals surface area contributed by atoms with Crippen LogP contribution in [0.5, 0.6) is 0 Å². The molecule has 0 aliphatic rings. The van der Waals surface area contributed by atoms with Crippen molar-refractivity contribution in [3.8, 4) is 12.1 Å². The third-order valence-corrected chi connectivity index (χ3v) is 1.95. The van der Waals surface area contributed by atoms with E-state index in [-0.39, 0.29) is 0 Å². The largest absolute Gasteiger partial charge is 0.291 e. The lowest BCUT2D eigenvalue weighted by molar-refractivity contribution is -0.385. The molecule has 1 aromatic rings. The first-order chi connectivity index (χ1) is 8.01. The number of nitro benzene ring substituents is 1. The smallest absolute Gasteiger partial charge is 0.272 e. The molecule has 0 fully saturated rings. The Bertz CT molecular complexity index is 557. The first-order valence-electron chi connectivity index (χ1n) is 4.28. The third kappa shape index (κ3) is 2.41. The van der Waals surface area contributed by atoms with Crippen molar-refractivity contribution in [3.05, 3.63) is 39.7 Å². The number of non-ortho nitro benzene ring substituents is 1. The van der Waals surface area contributed by atoms with Crippen LogP contribution in [-0.2, 0) is 0 Å². The van der Waals surface area contributed by atoms with Crippen LogP contribution >= 0.6 is 0 Å². The standard InChI is InChI=1S/C10H4FN3O3/c11-9-3-7(14(16)17)1-2-8(9)10(15)6(4-12)5-13/h1-3,6H. The van der Waals surface area contributed by atoms with Gasteiger partial charge < -0.3 is 0 Å². The lowest BCUT2D eigenvalue weighted by Crippen LogP contribution is -2.12. The molecular formula is C10H4FN3O3. The Kier molecular flexibility index (Phi) is 3.48. The van der Waals surface area contributed by atoms with Crippen molar-refractivity contribution >= 4 is 11.5 Å². The maximum atomic E-state index is 13.3. The molecule has 7 heteroatoms. The van der Waals surface area contributed by atoms with Gasteiger partial charge in [0.1, 0.15) is 5.82 Å². The molecule has 0 saturated heterocycles. The minimum Gasteiger partial charge on any atom is -0.291 e. The molecule has 0 unspecified atom stereocenters. The monoisotopic (exact) mass is 233 g/mol. The van der Waals surface area contributed by atoms with E-state index in [1.54, 1.807) is 0 Å². The van der Waals surface area contributed by atoms with Crippen molar-refractivity contribution in [1.29, 1.82) is 10.5 Å². The van der Waals surface area contributed by atoms with Gasteiger partial charge in [0.25, 0.3) is 5.69 Å². The predicted octanol–water partition coefficient (Wildman–Crippen LogP) is 1.58. The summed E-state index contributed by atoms with van der Waals surface area (Å²) in [6.45, 7) is 0. The molecule has 0 heterocycles. The van der Waals surface area contributed by atoms with Crippen LogP contribution in [0.25, 0.3) is 0 Å². The summed E-state index contributed by atoms with van der Waals surface area (Å²) in [5.74, 6) is -3.76. The minimum atomic E-state index is -1.62. The number of nitrogens with zero attached hydrogens (tertiary/aromatic N) is 3. The van der Waals surface area contributed by atoms with E-state index >= 15 is 0 Å². The summed E-state index contributed by atoms with van der Waals surface area (Å²) >= 11 is 0. The molecule has 0 spiro atoms. The Balaban J connectivity index is 3.19. The van der Waals surface area contributed by atoms with Gasteiger partial charge in [-0.2, -0.15) is 10.5 Å². The summed E-state index contributed by atoms with van der Waals surface area (Å²) in [7, 11) is 0. The second kappa shape index (κ2) is 4.81. The maximum absolute atomic E-state index is 13.3. The molecule has 0 N–H and O–H groups in total. The van der Waals surface area contributed by atoms with Crippen LogP contribution < -0.4 is 0 Å². The van der Waals surface area contributed by atoms with Crippen LogP contribution in [0.15, 0.2) is 18.2 Å². The van der Waals surface area contributed by atoms with Crippen molar-refractivity contribution in [2.24, 2.45) is 5.92 Å². The van der Waals surface area contributed by atoms with Crippen molar-refractivity contribution in [2.45, 2.75) is 0 Å². The van der Waals surface area contributed by atoms with Crippen LogP contribution in [0.1, 0.15) is 10.4 Å². The highest BCUT2D eigenvalue weighted by Gasteiger charge is 2.23. The predicted molar refractivity (Wildman–Crippen MR) is 52.1 cm³/mol. The van der Waals surface area contributed by atoms with Gasteiger partial charge in [-0.3, -0.25) is 14.9 Å². The highest BCUT2D eigenvalue weighted by molar-refractivity contribution is 6.01. The van der Waals surface area contributed by atoms with Crippen LogP contribution in [0.2, 0.25) is 0 Å².